The number of hydrogen-bond donors (Lipinski definition) is 0. The standard InChI is InChI=1S/C17H19NO2S/c1-20-15-8-4-13(5-9-15)12-18(14-6-7-14)17(19)11-16-3-2-10-21-16/h2-5,8-10,14H,6-7,11-12H2,1H3. The largest absolute Gasteiger partial charge is 0.497 e. The molecule has 0 radical (unpaired) electrons. The highest BCUT2D eigenvalue weighted by Gasteiger charge is 2.32. The molecule has 21 heavy (non-hydrogen) atoms. The van der Waals surface area contributed by atoms with Gasteiger partial charge in [0.05, 0.1) is 13.5 Å². The fourth-order valence-corrected chi connectivity index (χ4v) is 3.09. The van der Waals surface area contributed by atoms with Gasteiger partial charge in [-0.15, -0.1) is 11.3 Å². The monoisotopic (exact) mass is 301 g/mol. The van der Waals surface area contributed by atoms with Crippen molar-refractivity contribution < 1.29 is 9.53 Å². The average molecular weight is 301 g/mol. The van der Waals surface area contributed by atoms with Crippen LogP contribution in [-0.2, 0) is 17.8 Å². The van der Waals surface area contributed by atoms with Gasteiger partial charge >= 0.3 is 0 Å². The third kappa shape index (κ3) is 3.64. The minimum absolute atomic E-state index is 0.232. The molecule has 1 saturated carbocycles. The molecule has 0 bridgehead atoms. The SMILES string of the molecule is COc1ccc(CN(C(=O)Cc2cccs2)C2CC2)cc1. The zero-order valence-corrected chi connectivity index (χ0v) is 12.9. The summed E-state index contributed by atoms with van der Waals surface area (Å²) in [5.74, 6) is 1.08. The molecule has 0 aliphatic heterocycles. The maximum Gasteiger partial charge on any atom is 0.228 e. The van der Waals surface area contributed by atoms with Gasteiger partial charge in [0.1, 0.15) is 5.75 Å². The van der Waals surface area contributed by atoms with E-state index in [1.54, 1.807) is 18.4 Å². The van der Waals surface area contributed by atoms with Crippen LogP contribution in [0.1, 0.15) is 23.3 Å². The molecule has 1 aliphatic carbocycles. The highest BCUT2D eigenvalue weighted by Crippen LogP contribution is 2.29. The minimum atomic E-state index is 0.232. The molecular formula is C17H19NO2S. The molecule has 0 spiro atoms. The van der Waals surface area contributed by atoms with Crippen LogP contribution in [-0.4, -0.2) is 24.0 Å². The molecule has 2 aromatic rings. The van der Waals surface area contributed by atoms with E-state index >= 15 is 0 Å². The molecule has 3 rings (SSSR count). The van der Waals surface area contributed by atoms with Crippen molar-refractivity contribution in [2.45, 2.75) is 31.8 Å². The predicted molar refractivity (Wildman–Crippen MR) is 84.6 cm³/mol. The lowest BCUT2D eigenvalue weighted by Crippen LogP contribution is -2.33. The average Bonchev–Trinajstić information content (AvgIpc) is 3.22. The fraction of sp³-hybridized carbons (Fsp3) is 0.353. The van der Waals surface area contributed by atoms with E-state index in [4.69, 9.17) is 4.74 Å². The summed E-state index contributed by atoms with van der Waals surface area (Å²) in [4.78, 5) is 15.7. The van der Waals surface area contributed by atoms with E-state index in [1.807, 2.05) is 46.7 Å². The molecule has 1 aromatic carbocycles. The van der Waals surface area contributed by atoms with Crippen LogP contribution in [0.4, 0.5) is 0 Å². The first-order valence-corrected chi connectivity index (χ1v) is 8.09. The number of nitrogens with zero attached hydrogens (tertiary/aromatic N) is 1. The van der Waals surface area contributed by atoms with Gasteiger partial charge in [-0.2, -0.15) is 0 Å². The second-order valence-electron chi connectivity index (χ2n) is 5.36. The normalized spacial score (nSPS) is 14.0. The summed E-state index contributed by atoms with van der Waals surface area (Å²) in [5, 5.41) is 2.02. The molecule has 1 amide bonds. The van der Waals surface area contributed by atoms with Crippen molar-refractivity contribution in [1.29, 1.82) is 0 Å². The molecule has 0 saturated heterocycles. The van der Waals surface area contributed by atoms with Gasteiger partial charge in [-0.25, -0.2) is 0 Å². The van der Waals surface area contributed by atoms with Crippen molar-refractivity contribution in [2.24, 2.45) is 0 Å². The van der Waals surface area contributed by atoms with Crippen molar-refractivity contribution in [2.75, 3.05) is 7.11 Å². The van der Waals surface area contributed by atoms with Gasteiger partial charge < -0.3 is 9.64 Å². The number of ether oxygens (including phenoxy) is 1. The summed E-state index contributed by atoms with van der Waals surface area (Å²) in [6.45, 7) is 0.693. The van der Waals surface area contributed by atoms with Crippen LogP contribution < -0.4 is 4.74 Å². The molecule has 1 fully saturated rings. The number of carbonyl (C=O) groups is 1. The number of carbonyl (C=O) groups excluding carboxylic acids is 1. The Kier molecular flexibility index (Phi) is 4.25. The first-order valence-electron chi connectivity index (χ1n) is 7.21. The van der Waals surface area contributed by atoms with Crippen molar-refractivity contribution >= 4 is 17.2 Å². The molecule has 4 heteroatoms. The summed E-state index contributed by atoms with van der Waals surface area (Å²) in [7, 11) is 1.66. The molecule has 1 aromatic heterocycles. The Balaban J connectivity index is 1.67. The number of rotatable bonds is 6. The van der Waals surface area contributed by atoms with E-state index in [1.165, 1.54) is 0 Å². The molecule has 0 atom stereocenters. The van der Waals surface area contributed by atoms with E-state index in [0.717, 1.165) is 29.0 Å². The molecule has 0 N–H and O–H groups in total. The van der Waals surface area contributed by atoms with Gasteiger partial charge in [0.2, 0.25) is 5.91 Å². The summed E-state index contributed by atoms with van der Waals surface area (Å²) in [6, 6.07) is 12.4. The van der Waals surface area contributed by atoms with Crippen LogP contribution in [0.3, 0.4) is 0 Å². The second kappa shape index (κ2) is 6.31. The zero-order valence-electron chi connectivity index (χ0n) is 12.1. The van der Waals surface area contributed by atoms with Gasteiger partial charge in [-0.1, -0.05) is 18.2 Å². The van der Waals surface area contributed by atoms with E-state index in [9.17, 15) is 4.79 Å². The Morgan fingerprint density at radius 2 is 2.05 bits per heavy atom. The summed E-state index contributed by atoms with van der Waals surface area (Å²) < 4.78 is 5.17. The van der Waals surface area contributed by atoms with E-state index in [2.05, 4.69) is 0 Å². The summed E-state index contributed by atoms with van der Waals surface area (Å²) in [6.07, 6.45) is 2.78. The third-order valence-electron chi connectivity index (χ3n) is 3.73. The maximum absolute atomic E-state index is 12.5. The second-order valence-corrected chi connectivity index (χ2v) is 6.39. The lowest BCUT2D eigenvalue weighted by Gasteiger charge is -2.22. The Labute approximate surface area is 129 Å². The molecular weight excluding hydrogens is 282 g/mol. The Bertz CT molecular complexity index is 588. The van der Waals surface area contributed by atoms with Crippen molar-refractivity contribution in [3.8, 4) is 5.75 Å². The van der Waals surface area contributed by atoms with Crippen molar-refractivity contribution in [3.63, 3.8) is 0 Å². The predicted octanol–water partition coefficient (Wildman–Crippen LogP) is 3.49. The number of hydrogen-bond acceptors (Lipinski definition) is 3. The maximum atomic E-state index is 12.5. The van der Waals surface area contributed by atoms with Gasteiger partial charge in [0, 0.05) is 17.5 Å². The molecule has 3 nitrogen and oxygen atoms in total. The summed E-state index contributed by atoms with van der Waals surface area (Å²) in [5.41, 5.74) is 1.15. The van der Waals surface area contributed by atoms with Crippen LogP contribution in [0, 0.1) is 0 Å². The smallest absolute Gasteiger partial charge is 0.228 e. The van der Waals surface area contributed by atoms with Crippen LogP contribution >= 0.6 is 11.3 Å². The number of methoxy groups -OCH3 is 1. The highest BCUT2D eigenvalue weighted by molar-refractivity contribution is 7.10. The Morgan fingerprint density at radius 3 is 2.62 bits per heavy atom. The van der Waals surface area contributed by atoms with Gasteiger partial charge in [0.15, 0.2) is 0 Å². The lowest BCUT2D eigenvalue weighted by molar-refractivity contribution is -0.131. The Hall–Kier alpha value is -1.81. The first kappa shape index (κ1) is 14.1. The topological polar surface area (TPSA) is 29.5 Å². The summed E-state index contributed by atoms with van der Waals surface area (Å²) >= 11 is 1.65. The van der Waals surface area contributed by atoms with Crippen LogP contribution in [0.15, 0.2) is 41.8 Å². The van der Waals surface area contributed by atoms with Crippen LogP contribution in [0.25, 0.3) is 0 Å². The quantitative estimate of drug-likeness (QED) is 0.817. The lowest BCUT2D eigenvalue weighted by atomic mass is 10.2. The zero-order chi connectivity index (χ0) is 14.7. The number of amides is 1. The van der Waals surface area contributed by atoms with Crippen LogP contribution in [0.2, 0.25) is 0 Å². The van der Waals surface area contributed by atoms with Gasteiger partial charge in [-0.05, 0) is 42.0 Å². The minimum Gasteiger partial charge on any atom is -0.497 e. The third-order valence-corrected chi connectivity index (χ3v) is 4.60. The van der Waals surface area contributed by atoms with E-state index in [-0.39, 0.29) is 5.91 Å². The van der Waals surface area contributed by atoms with Crippen LogP contribution in [0.5, 0.6) is 5.75 Å². The van der Waals surface area contributed by atoms with Crippen molar-refractivity contribution in [3.05, 3.63) is 52.2 Å². The fourth-order valence-electron chi connectivity index (χ4n) is 2.40. The van der Waals surface area contributed by atoms with Crippen molar-refractivity contribution in [1.82, 2.24) is 4.90 Å². The first-order chi connectivity index (χ1) is 10.3. The van der Waals surface area contributed by atoms with E-state index < -0.39 is 0 Å². The highest BCUT2D eigenvalue weighted by atomic mass is 32.1. The molecule has 1 aliphatic rings. The molecule has 0 unspecified atom stereocenters. The molecule has 1 heterocycles. The molecule has 110 valence electrons. The van der Waals surface area contributed by atoms with E-state index in [0.29, 0.717) is 19.0 Å². The number of thiophene rings is 1. The van der Waals surface area contributed by atoms with Gasteiger partial charge in [-0.3, -0.25) is 4.79 Å². The van der Waals surface area contributed by atoms with Gasteiger partial charge in [0.25, 0.3) is 0 Å². The Morgan fingerprint density at radius 1 is 1.29 bits per heavy atom. The number of benzene rings is 1.